The second kappa shape index (κ2) is 6.95. The Morgan fingerprint density at radius 3 is 2.94 bits per heavy atom. The zero-order valence-corrected chi connectivity index (χ0v) is 10.3. The minimum absolute atomic E-state index is 0.0489. The third kappa shape index (κ3) is 4.33. The monoisotopic (exact) mass is 271 g/mol. The summed E-state index contributed by atoms with van der Waals surface area (Å²) in [6.07, 6.45) is 2.45. The third-order valence-corrected chi connectivity index (χ3v) is 2.40. The van der Waals surface area contributed by atoms with Gasteiger partial charge in [-0.2, -0.15) is 0 Å². The Morgan fingerprint density at radius 1 is 1.61 bits per heavy atom. The van der Waals surface area contributed by atoms with E-state index in [-0.39, 0.29) is 12.2 Å². The first-order valence-corrected chi connectivity index (χ1v) is 5.65. The van der Waals surface area contributed by atoms with Gasteiger partial charge in [0.15, 0.2) is 0 Å². The van der Waals surface area contributed by atoms with E-state index in [1.165, 1.54) is 24.3 Å². The predicted molar refractivity (Wildman–Crippen MR) is 70.8 cm³/mol. The van der Waals surface area contributed by atoms with E-state index in [4.69, 9.17) is 17.3 Å². The molecule has 0 aromatic heterocycles. The van der Waals surface area contributed by atoms with Gasteiger partial charge in [-0.1, -0.05) is 23.8 Å². The fraction of sp³-hybridized carbons (Fsp3) is 0.273. The summed E-state index contributed by atoms with van der Waals surface area (Å²) in [6, 6.07) is 4.27. The van der Waals surface area contributed by atoms with Crippen LogP contribution in [0.3, 0.4) is 0 Å². The molecule has 0 saturated carbocycles. The number of hydrogen-bond donors (Lipinski definition) is 3. The number of rotatable bonds is 6. The molecule has 0 amide bonds. The third-order valence-electron chi connectivity index (χ3n) is 2.17. The average molecular weight is 272 g/mol. The largest absolute Gasteiger partial charge is 0.388 e. The van der Waals surface area contributed by atoms with E-state index in [9.17, 15) is 15.2 Å². The normalized spacial score (nSPS) is 12.6. The highest BCUT2D eigenvalue weighted by atomic mass is 35.5. The van der Waals surface area contributed by atoms with Gasteiger partial charge < -0.3 is 16.2 Å². The first kappa shape index (κ1) is 14.4. The minimum atomic E-state index is -0.707. The summed E-state index contributed by atoms with van der Waals surface area (Å²) in [5, 5.41) is 23.2. The molecule has 0 spiro atoms. The van der Waals surface area contributed by atoms with E-state index in [0.717, 1.165) is 0 Å². The van der Waals surface area contributed by atoms with Crippen LogP contribution in [0.2, 0.25) is 5.02 Å². The molecule has 0 radical (unpaired) electrons. The van der Waals surface area contributed by atoms with Crippen molar-refractivity contribution < 1.29 is 10.0 Å². The smallest absolute Gasteiger partial charge is 0.292 e. The highest BCUT2D eigenvalue weighted by Crippen LogP contribution is 2.27. The fourth-order valence-corrected chi connectivity index (χ4v) is 1.45. The quantitative estimate of drug-likeness (QED) is 0.414. The lowest BCUT2D eigenvalue weighted by atomic mass is 10.2. The Bertz CT molecular complexity index is 451. The molecule has 18 heavy (non-hydrogen) atoms. The first-order chi connectivity index (χ1) is 8.54. The van der Waals surface area contributed by atoms with Crippen LogP contribution in [0.15, 0.2) is 30.4 Å². The molecule has 1 atom stereocenters. The molecule has 0 aliphatic rings. The van der Waals surface area contributed by atoms with Gasteiger partial charge in [0.25, 0.3) is 5.69 Å². The Labute approximate surface area is 109 Å². The number of nitrogens with one attached hydrogen (secondary N) is 1. The van der Waals surface area contributed by atoms with E-state index < -0.39 is 11.0 Å². The summed E-state index contributed by atoms with van der Waals surface area (Å²) in [6.45, 7) is 0.464. The van der Waals surface area contributed by atoms with Gasteiger partial charge in [0, 0.05) is 24.2 Å². The van der Waals surface area contributed by atoms with Crippen LogP contribution in [0, 0.1) is 10.1 Å². The van der Waals surface area contributed by atoms with Crippen molar-refractivity contribution in [3.63, 3.8) is 0 Å². The Kier molecular flexibility index (Phi) is 5.57. The van der Waals surface area contributed by atoms with Gasteiger partial charge in [-0.05, 0) is 12.1 Å². The molecule has 1 aromatic carbocycles. The molecular weight excluding hydrogens is 258 g/mol. The van der Waals surface area contributed by atoms with Crippen molar-refractivity contribution in [3.05, 3.63) is 45.5 Å². The van der Waals surface area contributed by atoms with Gasteiger partial charge in [-0.3, -0.25) is 10.1 Å². The number of aliphatic hydroxyl groups is 1. The van der Waals surface area contributed by atoms with Crippen molar-refractivity contribution in [3.8, 4) is 0 Å². The summed E-state index contributed by atoms with van der Waals surface area (Å²) in [5.74, 6) is 0. The summed E-state index contributed by atoms with van der Waals surface area (Å²) in [4.78, 5) is 10.3. The number of nitro groups is 1. The zero-order valence-electron chi connectivity index (χ0n) is 9.54. The molecule has 0 heterocycles. The topological polar surface area (TPSA) is 101 Å². The highest BCUT2D eigenvalue weighted by molar-refractivity contribution is 6.31. The predicted octanol–water partition coefficient (Wildman–Crippen LogP) is 1.54. The van der Waals surface area contributed by atoms with Gasteiger partial charge in [-0.25, -0.2) is 0 Å². The summed E-state index contributed by atoms with van der Waals surface area (Å²) < 4.78 is 0. The molecule has 0 aliphatic carbocycles. The molecule has 4 N–H and O–H groups in total. The number of hydrogen-bond acceptors (Lipinski definition) is 5. The number of nitrogens with zero attached hydrogens (tertiary/aromatic N) is 1. The summed E-state index contributed by atoms with van der Waals surface area (Å²) >= 11 is 5.77. The Hall–Kier alpha value is -1.63. The van der Waals surface area contributed by atoms with Crippen molar-refractivity contribution >= 4 is 23.0 Å². The molecule has 6 nitrogen and oxygen atoms in total. The lowest BCUT2D eigenvalue weighted by Gasteiger charge is -2.05. The maximum absolute atomic E-state index is 10.8. The molecule has 0 saturated heterocycles. The summed E-state index contributed by atoms with van der Waals surface area (Å²) in [7, 11) is 0. The van der Waals surface area contributed by atoms with Crippen molar-refractivity contribution in [1.29, 1.82) is 0 Å². The second-order valence-corrected chi connectivity index (χ2v) is 3.97. The number of aliphatic hydroxyl groups excluding tert-OH is 1. The maximum atomic E-state index is 10.8. The SMILES string of the molecule is NC[C@H](O)C=CCNc1cc(Cl)ccc1[N+](=O)[O-]. The van der Waals surface area contributed by atoms with Crippen LogP contribution < -0.4 is 11.1 Å². The van der Waals surface area contributed by atoms with Crippen LogP contribution in [0.25, 0.3) is 0 Å². The molecule has 7 heteroatoms. The van der Waals surface area contributed by atoms with Crippen LogP contribution in [0.5, 0.6) is 0 Å². The van der Waals surface area contributed by atoms with Crippen molar-refractivity contribution in [1.82, 2.24) is 0 Å². The number of benzene rings is 1. The van der Waals surface area contributed by atoms with Gasteiger partial charge >= 0.3 is 0 Å². The molecule has 1 aromatic rings. The van der Waals surface area contributed by atoms with Crippen LogP contribution in [0.4, 0.5) is 11.4 Å². The Balaban J connectivity index is 2.69. The lowest BCUT2D eigenvalue weighted by molar-refractivity contribution is -0.383. The van der Waals surface area contributed by atoms with E-state index >= 15 is 0 Å². The zero-order chi connectivity index (χ0) is 13.5. The fourth-order valence-electron chi connectivity index (χ4n) is 1.28. The number of nitro benzene ring substituents is 1. The summed E-state index contributed by atoms with van der Waals surface area (Å²) in [5.41, 5.74) is 5.50. The maximum Gasteiger partial charge on any atom is 0.292 e. The van der Waals surface area contributed by atoms with Crippen molar-refractivity contribution in [2.24, 2.45) is 5.73 Å². The van der Waals surface area contributed by atoms with Gasteiger partial charge in [-0.15, -0.1) is 0 Å². The van der Waals surface area contributed by atoms with Gasteiger partial charge in [0.2, 0.25) is 0 Å². The van der Waals surface area contributed by atoms with Crippen molar-refractivity contribution in [2.45, 2.75) is 6.10 Å². The standard InChI is InChI=1S/C11H14ClN3O3/c12-8-3-4-11(15(17)18)10(6-8)14-5-1-2-9(16)7-13/h1-4,6,9,14,16H,5,7,13H2/t9-/m1/s1. The second-order valence-electron chi connectivity index (χ2n) is 3.53. The molecule has 0 bridgehead atoms. The van der Waals surface area contributed by atoms with Crippen LogP contribution in [0.1, 0.15) is 0 Å². The van der Waals surface area contributed by atoms with Crippen molar-refractivity contribution in [2.75, 3.05) is 18.4 Å². The van der Waals surface area contributed by atoms with Gasteiger partial charge in [0.1, 0.15) is 5.69 Å². The van der Waals surface area contributed by atoms with E-state index in [1.807, 2.05) is 0 Å². The number of halogens is 1. The molecule has 98 valence electrons. The number of anilines is 1. The van der Waals surface area contributed by atoms with Crippen LogP contribution in [-0.4, -0.2) is 29.2 Å². The van der Waals surface area contributed by atoms with E-state index in [2.05, 4.69) is 5.32 Å². The number of nitrogens with two attached hydrogens (primary N) is 1. The lowest BCUT2D eigenvalue weighted by Crippen LogP contribution is -2.17. The van der Waals surface area contributed by atoms with Gasteiger partial charge in [0.05, 0.1) is 11.0 Å². The molecule has 1 rings (SSSR count). The molecule has 0 fully saturated rings. The average Bonchev–Trinajstić information content (AvgIpc) is 2.34. The van der Waals surface area contributed by atoms with E-state index in [0.29, 0.717) is 17.3 Å². The minimum Gasteiger partial charge on any atom is -0.388 e. The molecule has 0 aliphatic heterocycles. The van der Waals surface area contributed by atoms with Crippen LogP contribution in [-0.2, 0) is 0 Å². The van der Waals surface area contributed by atoms with E-state index in [1.54, 1.807) is 6.08 Å². The molecule has 0 unspecified atom stereocenters. The van der Waals surface area contributed by atoms with Crippen LogP contribution >= 0.6 is 11.6 Å². The molecular formula is C11H14ClN3O3. The first-order valence-electron chi connectivity index (χ1n) is 5.27. The highest BCUT2D eigenvalue weighted by Gasteiger charge is 2.12. The Morgan fingerprint density at radius 2 is 2.33 bits per heavy atom.